The fourth-order valence-corrected chi connectivity index (χ4v) is 6.70. The smallest absolute Gasteiger partial charge is 0.296 e. The van der Waals surface area contributed by atoms with E-state index in [1.807, 2.05) is 19.9 Å². The van der Waals surface area contributed by atoms with Crippen LogP contribution in [0.25, 0.3) is 0 Å². The second kappa shape index (κ2) is 11.4. The van der Waals surface area contributed by atoms with E-state index in [4.69, 9.17) is 13.1 Å². The highest BCUT2D eigenvalue weighted by molar-refractivity contribution is 7.87. The molecule has 0 amide bonds. The third kappa shape index (κ3) is 6.88. The summed E-state index contributed by atoms with van der Waals surface area (Å²) in [6.45, 7) is 3.12. The van der Waals surface area contributed by atoms with E-state index in [1.165, 1.54) is 24.3 Å². The number of ether oxygens (including phenoxy) is 1. The number of rotatable bonds is 10. The van der Waals surface area contributed by atoms with Crippen LogP contribution < -0.4 is 4.74 Å². The lowest BCUT2D eigenvalue weighted by Gasteiger charge is -2.43. The van der Waals surface area contributed by atoms with E-state index >= 15 is 0 Å². The lowest BCUT2D eigenvalue weighted by molar-refractivity contribution is -0.0623. The SMILES string of the molecule is COc1cccc(C2(O)CCC(COS(=O)(=O)c3ccc(C)cc3)(COS(=O)(=O)c3ccc(C)cc3)CC2)c1. The van der Waals surface area contributed by atoms with E-state index in [2.05, 4.69) is 0 Å². The van der Waals surface area contributed by atoms with Crippen molar-refractivity contribution in [2.45, 2.75) is 54.9 Å². The van der Waals surface area contributed by atoms with Gasteiger partial charge in [-0.3, -0.25) is 8.37 Å². The van der Waals surface area contributed by atoms with Crippen molar-refractivity contribution < 1.29 is 35.0 Å². The number of aryl methyl sites for hydroxylation is 2. The Balaban J connectivity index is 1.57. The van der Waals surface area contributed by atoms with Gasteiger partial charge in [-0.05, 0) is 81.5 Å². The summed E-state index contributed by atoms with van der Waals surface area (Å²) in [4.78, 5) is 0.0280. The maximum absolute atomic E-state index is 13.0. The number of aliphatic hydroxyl groups is 1. The second-order valence-corrected chi connectivity index (χ2v) is 13.6. The first-order chi connectivity index (χ1) is 18.4. The molecule has 0 saturated heterocycles. The molecule has 1 aliphatic rings. The Kier molecular flexibility index (Phi) is 8.53. The average molecular weight is 575 g/mol. The summed E-state index contributed by atoms with van der Waals surface area (Å²) >= 11 is 0. The number of benzene rings is 3. The minimum atomic E-state index is -4.10. The zero-order chi connectivity index (χ0) is 28.3. The van der Waals surface area contributed by atoms with E-state index in [9.17, 15) is 21.9 Å². The molecule has 0 radical (unpaired) electrons. The van der Waals surface area contributed by atoms with Crippen LogP contribution in [0.5, 0.6) is 5.75 Å². The van der Waals surface area contributed by atoms with Crippen molar-refractivity contribution in [1.82, 2.24) is 0 Å². The first-order valence-corrected chi connectivity index (χ1v) is 15.5. The molecule has 4 rings (SSSR count). The van der Waals surface area contributed by atoms with E-state index in [0.717, 1.165) is 11.1 Å². The van der Waals surface area contributed by atoms with Crippen molar-refractivity contribution in [1.29, 1.82) is 0 Å². The molecule has 1 aliphatic carbocycles. The molecule has 0 aromatic heterocycles. The topological polar surface area (TPSA) is 116 Å². The normalized spacial score (nSPS) is 17.0. The minimum absolute atomic E-state index is 0.0140. The van der Waals surface area contributed by atoms with Gasteiger partial charge in [0.15, 0.2) is 0 Å². The van der Waals surface area contributed by atoms with Crippen molar-refractivity contribution in [3.63, 3.8) is 0 Å². The van der Waals surface area contributed by atoms with Crippen molar-refractivity contribution in [3.8, 4) is 5.75 Å². The zero-order valence-corrected chi connectivity index (χ0v) is 23.9. The zero-order valence-electron chi connectivity index (χ0n) is 22.3. The highest BCUT2D eigenvalue weighted by Gasteiger charge is 2.45. The molecule has 3 aromatic carbocycles. The molecule has 0 atom stereocenters. The molecule has 39 heavy (non-hydrogen) atoms. The molecule has 210 valence electrons. The van der Waals surface area contributed by atoms with Gasteiger partial charge in [0, 0.05) is 5.41 Å². The first-order valence-electron chi connectivity index (χ1n) is 12.7. The number of hydrogen-bond acceptors (Lipinski definition) is 8. The summed E-state index contributed by atoms with van der Waals surface area (Å²) < 4.78 is 68.1. The molecule has 0 aliphatic heterocycles. The quantitative estimate of drug-likeness (QED) is 0.341. The van der Waals surface area contributed by atoms with Gasteiger partial charge in [0.25, 0.3) is 20.2 Å². The van der Waals surface area contributed by atoms with E-state index < -0.39 is 31.3 Å². The maximum Gasteiger partial charge on any atom is 0.296 e. The summed E-state index contributed by atoms with van der Waals surface area (Å²) in [6, 6.07) is 19.8. The predicted molar refractivity (Wildman–Crippen MR) is 146 cm³/mol. The molecule has 0 heterocycles. The van der Waals surface area contributed by atoms with Gasteiger partial charge in [-0.25, -0.2) is 0 Å². The highest BCUT2D eigenvalue weighted by Crippen LogP contribution is 2.47. The highest BCUT2D eigenvalue weighted by atomic mass is 32.2. The van der Waals surface area contributed by atoms with Gasteiger partial charge < -0.3 is 9.84 Å². The molecule has 8 nitrogen and oxygen atoms in total. The van der Waals surface area contributed by atoms with Crippen LogP contribution in [-0.2, 0) is 34.2 Å². The Labute approximate surface area is 230 Å². The molecule has 10 heteroatoms. The standard InChI is InChI=1S/C29H34O8S2/c1-22-7-11-26(12-8-22)38(31,32)36-20-28(21-37-39(33,34)27-13-9-23(2)10-14-27)15-17-29(30,18-16-28)24-5-4-6-25(19-24)35-3/h4-14,19,30H,15-18,20-21H2,1-3H3. The minimum Gasteiger partial charge on any atom is -0.497 e. The van der Waals surface area contributed by atoms with E-state index in [1.54, 1.807) is 49.6 Å². The third-order valence-corrected chi connectivity index (χ3v) is 9.96. The van der Waals surface area contributed by atoms with Crippen LogP contribution in [0, 0.1) is 19.3 Å². The Bertz CT molecular complexity index is 1410. The Hall–Kier alpha value is -2.76. The van der Waals surface area contributed by atoms with E-state index in [0.29, 0.717) is 11.3 Å². The van der Waals surface area contributed by atoms with Crippen LogP contribution in [-0.4, -0.2) is 42.3 Å². The number of methoxy groups -OCH3 is 1. The van der Waals surface area contributed by atoms with Crippen LogP contribution in [0.2, 0.25) is 0 Å². The van der Waals surface area contributed by atoms with Gasteiger partial charge in [0.05, 0.1) is 35.7 Å². The van der Waals surface area contributed by atoms with E-state index in [-0.39, 0.29) is 48.7 Å². The molecule has 1 saturated carbocycles. The molecule has 0 unspecified atom stereocenters. The van der Waals surface area contributed by atoms with Gasteiger partial charge in [0.2, 0.25) is 0 Å². The van der Waals surface area contributed by atoms with Crippen LogP contribution in [0.4, 0.5) is 0 Å². The van der Waals surface area contributed by atoms with Crippen LogP contribution >= 0.6 is 0 Å². The third-order valence-electron chi connectivity index (χ3n) is 7.40. The predicted octanol–water partition coefficient (Wildman–Crippen LogP) is 4.87. The van der Waals surface area contributed by atoms with Gasteiger partial charge in [-0.1, -0.05) is 47.5 Å². The van der Waals surface area contributed by atoms with Crippen LogP contribution in [0.15, 0.2) is 82.6 Å². The van der Waals surface area contributed by atoms with Crippen LogP contribution in [0.3, 0.4) is 0 Å². The van der Waals surface area contributed by atoms with Gasteiger partial charge in [-0.15, -0.1) is 0 Å². The lowest BCUT2D eigenvalue weighted by Crippen LogP contribution is -2.43. The molecular weight excluding hydrogens is 540 g/mol. The monoisotopic (exact) mass is 574 g/mol. The average Bonchev–Trinajstić information content (AvgIpc) is 2.93. The van der Waals surface area contributed by atoms with Crippen molar-refractivity contribution in [2.24, 2.45) is 5.41 Å². The lowest BCUT2D eigenvalue weighted by atomic mass is 9.67. The van der Waals surface area contributed by atoms with Gasteiger partial charge >= 0.3 is 0 Å². The molecule has 0 spiro atoms. The second-order valence-electron chi connectivity index (χ2n) is 10.3. The summed E-state index contributed by atoms with van der Waals surface area (Å²) in [5.74, 6) is 0.609. The van der Waals surface area contributed by atoms with Crippen LogP contribution in [0.1, 0.15) is 42.4 Å². The first kappa shape index (κ1) is 29.2. The Morgan fingerprint density at radius 1 is 0.718 bits per heavy atom. The Morgan fingerprint density at radius 3 is 1.62 bits per heavy atom. The maximum atomic E-state index is 13.0. The molecule has 3 aromatic rings. The summed E-state index contributed by atoms with van der Waals surface area (Å²) in [6.07, 6.45) is 1.05. The molecule has 1 fully saturated rings. The Morgan fingerprint density at radius 2 is 1.18 bits per heavy atom. The number of hydrogen-bond donors (Lipinski definition) is 1. The summed E-state index contributed by atoms with van der Waals surface area (Å²) in [5.41, 5.74) is 0.329. The largest absolute Gasteiger partial charge is 0.497 e. The van der Waals surface area contributed by atoms with Gasteiger partial charge in [-0.2, -0.15) is 16.8 Å². The van der Waals surface area contributed by atoms with Crippen molar-refractivity contribution in [2.75, 3.05) is 20.3 Å². The molecular formula is C29H34O8S2. The van der Waals surface area contributed by atoms with Crippen molar-refractivity contribution in [3.05, 3.63) is 89.5 Å². The van der Waals surface area contributed by atoms with Gasteiger partial charge in [0.1, 0.15) is 5.75 Å². The summed E-state index contributed by atoms with van der Waals surface area (Å²) in [7, 11) is -6.65. The fraction of sp³-hybridized carbons (Fsp3) is 0.379. The fourth-order valence-electron chi connectivity index (χ4n) is 4.68. The summed E-state index contributed by atoms with van der Waals surface area (Å²) in [5, 5.41) is 11.5. The molecule has 0 bridgehead atoms. The van der Waals surface area contributed by atoms with Crippen molar-refractivity contribution >= 4 is 20.2 Å². The molecule has 1 N–H and O–H groups in total.